The summed E-state index contributed by atoms with van der Waals surface area (Å²) in [4.78, 5) is 24.7. The molecule has 1 fully saturated rings. The predicted molar refractivity (Wildman–Crippen MR) is 61.1 cm³/mol. The number of piperazine rings is 1. The molecule has 1 aromatic rings. The van der Waals surface area contributed by atoms with Gasteiger partial charge in [0.2, 0.25) is 11.8 Å². The summed E-state index contributed by atoms with van der Waals surface area (Å²) in [6.07, 6.45) is 0. The molecule has 0 saturated carbocycles. The molecule has 0 aliphatic carbocycles. The van der Waals surface area contributed by atoms with Crippen LogP contribution in [-0.2, 0) is 9.59 Å². The molecular weight excluding hydrogens is 223 g/mol. The van der Waals surface area contributed by atoms with Crippen LogP contribution in [0.25, 0.3) is 0 Å². The average molecular weight is 236 g/mol. The molecule has 1 aliphatic heterocycles. The number of hydrogen-bond acceptors (Lipinski definition) is 2. The van der Waals surface area contributed by atoms with E-state index in [0.717, 1.165) is 5.56 Å². The Hall–Kier alpha value is -1.91. The van der Waals surface area contributed by atoms with Gasteiger partial charge in [0.05, 0.1) is 12.2 Å². The number of halogens is 1. The fourth-order valence-electron chi connectivity index (χ4n) is 1.91. The van der Waals surface area contributed by atoms with Crippen molar-refractivity contribution in [1.82, 2.24) is 5.32 Å². The molecule has 1 aromatic carbocycles. The van der Waals surface area contributed by atoms with Gasteiger partial charge in [0.25, 0.3) is 0 Å². The van der Waals surface area contributed by atoms with Crippen LogP contribution >= 0.6 is 0 Å². The Bertz CT molecular complexity index is 487. The van der Waals surface area contributed by atoms with E-state index in [1.165, 1.54) is 17.0 Å². The smallest absolute Gasteiger partial charge is 0.247 e. The first-order valence-electron chi connectivity index (χ1n) is 5.36. The Kier molecular flexibility index (Phi) is 2.83. The number of hydrogen-bond donors (Lipinski definition) is 1. The zero-order valence-corrected chi connectivity index (χ0v) is 9.66. The first-order valence-corrected chi connectivity index (χ1v) is 5.36. The van der Waals surface area contributed by atoms with Crippen LogP contribution < -0.4 is 10.2 Å². The topological polar surface area (TPSA) is 49.4 Å². The van der Waals surface area contributed by atoms with Crippen molar-refractivity contribution < 1.29 is 14.0 Å². The van der Waals surface area contributed by atoms with Crippen molar-refractivity contribution >= 4 is 17.5 Å². The van der Waals surface area contributed by atoms with Crippen molar-refractivity contribution in [2.24, 2.45) is 0 Å². The Morgan fingerprint density at radius 3 is 2.82 bits per heavy atom. The van der Waals surface area contributed by atoms with E-state index in [1.54, 1.807) is 19.9 Å². The van der Waals surface area contributed by atoms with Crippen molar-refractivity contribution in [3.8, 4) is 0 Å². The maximum Gasteiger partial charge on any atom is 0.247 e. The summed E-state index contributed by atoms with van der Waals surface area (Å²) in [6.45, 7) is 3.36. The number of carbonyl (C=O) groups is 2. The Balaban J connectivity index is 2.46. The molecule has 4 nitrogen and oxygen atoms in total. The first kappa shape index (κ1) is 11.6. The second kappa shape index (κ2) is 4.16. The van der Waals surface area contributed by atoms with E-state index in [4.69, 9.17) is 0 Å². The van der Waals surface area contributed by atoms with Gasteiger partial charge in [-0.1, -0.05) is 6.07 Å². The van der Waals surface area contributed by atoms with E-state index in [1.807, 2.05) is 0 Å². The second-order valence-electron chi connectivity index (χ2n) is 4.09. The van der Waals surface area contributed by atoms with Crippen LogP contribution in [0.3, 0.4) is 0 Å². The van der Waals surface area contributed by atoms with E-state index in [9.17, 15) is 14.0 Å². The highest BCUT2D eigenvalue weighted by molar-refractivity contribution is 6.06. The van der Waals surface area contributed by atoms with Crippen LogP contribution in [-0.4, -0.2) is 24.4 Å². The Labute approximate surface area is 98.4 Å². The number of aryl methyl sites for hydroxylation is 1. The molecule has 1 atom stereocenters. The number of nitrogens with one attached hydrogen (secondary N) is 1. The molecule has 1 saturated heterocycles. The molecule has 0 spiro atoms. The molecule has 2 rings (SSSR count). The summed E-state index contributed by atoms with van der Waals surface area (Å²) in [7, 11) is 0. The number of benzene rings is 1. The minimum Gasteiger partial charge on any atom is -0.345 e. The molecule has 1 N–H and O–H groups in total. The highest BCUT2D eigenvalue weighted by Gasteiger charge is 2.32. The van der Waals surface area contributed by atoms with Crippen LogP contribution in [0.15, 0.2) is 18.2 Å². The van der Waals surface area contributed by atoms with Crippen LogP contribution in [0.1, 0.15) is 12.5 Å². The lowest BCUT2D eigenvalue weighted by Crippen LogP contribution is -2.57. The molecule has 1 unspecified atom stereocenters. The van der Waals surface area contributed by atoms with Crippen LogP contribution in [0, 0.1) is 12.7 Å². The SMILES string of the molecule is Cc1ccc(F)cc1N1C(=O)CNC(=O)C1C. The maximum absolute atomic E-state index is 13.2. The zero-order chi connectivity index (χ0) is 12.6. The van der Waals surface area contributed by atoms with E-state index in [2.05, 4.69) is 5.32 Å². The third-order valence-corrected chi connectivity index (χ3v) is 2.88. The lowest BCUT2D eigenvalue weighted by molar-refractivity contribution is -0.130. The van der Waals surface area contributed by atoms with Crippen LogP contribution in [0.4, 0.5) is 10.1 Å². The zero-order valence-electron chi connectivity index (χ0n) is 9.66. The third kappa shape index (κ3) is 2.00. The highest BCUT2D eigenvalue weighted by Crippen LogP contribution is 2.24. The number of nitrogens with zero attached hydrogens (tertiary/aromatic N) is 1. The van der Waals surface area contributed by atoms with Crippen molar-refractivity contribution in [3.63, 3.8) is 0 Å². The molecule has 90 valence electrons. The minimum absolute atomic E-state index is 0.0425. The van der Waals surface area contributed by atoms with Crippen molar-refractivity contribution in [2.75, 3.05) is 11.4 Å². The molecule has 5 heteroatoms. The molecular formula is C12H13FN2O2. The Morgan fingerprint density at radius 1 is 1.41 bits per heavy atom. The molecule has 0 bridgehead atoms. The lowest BCUT2D eigenvalue weighted by Gasteiger charge is -2.33. The minimum atomic E-state index is -0.614. The van der Waals surface area contributed by atoms with E-state index in [-0.39, 0.29) is 18.4 Å². The van der Waals surface area contributed by atoms with Gasteiger partial charge in [0.15, 0.2) is 0 Å². The van der Waals surface area contributed by atoms with Crippen molar-refractivity contribution in [2.45, 2.75) is 19.9 Å². The van der Waals surface area contributed by atoms with Gasteiger partial charge in [-0.2, -0.15) is 0 Å². The monoisotopic (exact) mass is 236 g/mol. The molecule has 1 heterocycles. The second-order valence-corrected chi connectivity index (χ2v) is 4.09. The van der Waals surface area contributed by atoms with E-state index in [0.29, 0.717) is 5.69 Å². The molecule has 17 heavy (non-hydrogen) atoms. The molecule has 0 radical (unpaired) electrons. The fraction of sp³-hybridized carbons (Fsp3) is 0.333. The van der Waals surface area contributed by atoms with Gasteiger partial charge in [-0.3, -0.25) is 14.5 Å². The summed E-state index contributed by atoms with van der Waals surface area (Å²) in [6, 6.07) is 3.59. The normalized spacial score (nSPS) is 20.4. The lowest BCUT2D eigenvalue weighted by atomic mass is 10.1. The maximum atomic E-state index is 13.2. The molecule has 0 aromatic heterocycles. The molecule has 2 amide bonds. The number of rotatable bonds is 1. The van der Waals surface area contributed by atoms with Gasteiger partial charge in [0.1, 0.15) is 11.9 Å². The van der Waals surface area contributed by atoms with Crippen molar-refractivity contribution in [1.29, 1.82) is 0 Å². The summed E-state index contributed by atoms with van der Waals surface area (Å²) >= 11 is 0. The summed E-state index contributed by atoms with van der Waals surface area (Å²) in [5, 5.41) is 2.49. The van der Waals surface area contributed by atoms with Crippen LogP contribution in [0.5, 0.6) is 0 Å². The highest BCUT2D eigenvalue weighted by atomic mass is 19.1. The molecule has 1 aliphatic rings. The average Bonchev–Trinajstić information content (AvgIpc) is 2.29. The summed E-state index contributed by atoms with van der Waals surface area (Å²) in [5.41, 5.74) is 1.22. The van der Waals surface area contributed by atoms with Gasteiger partial charge in [-0.25, -0.2) is 4.39 Å². The van der Waals surface area contributed by atoms with Gasteiger partial charge in [-0.15, -0.1) is 0 Å². The van der Waals surface area contributed by atoms with E-state index < -0.39 is 11.9 Å². The van der Waals surface area contributed by atoms with E-state index >= 15 is 0 Å². The first-order chi connectivity index (χ1) is 8.00. The number of carbonyl (C=O) groups excluding carboxylic acids is 2. The Morgan fingerprint density at radius 2 is 2.12 bits per heavy atom. The largest absolute Gasteiger partial charge is 0.345 e. The number of amides is 2. The summed E-state index contributed by atoms with van der Waals surface area (Å²) < 4.78 is 13.2. The number of anilines is 1. The standard InChI is InChI=1S/C12H13FN2O2/c1-7-3-4-9(13)5-10(7)15-8(2)12(17)14-6-11(15)16/h3-5,8H,6H2,1-2H3,(H,14,17). The van der Waals surface area contributed by atoms with Gasteiger partial charge < -0.3 is 5.32 Å². The summed E-state index contributed by atoms with van der Waals surface area (Å²) in [5.74, 6) is -0.879. The van der Waals surface area contributed by atoms with Gasteiger partial charge in [0, 0.05) is 0 Å². The van der Waals surface area contributed by atoms with Gasteiger partial charge >= 0.3 is 0 Å². The van der Waals surface area contributed by atoms with Crippen LogP contribution in [0.2, 0.25) is 0 Å². The predicted octanol–water partition coefficient (Wildman–Crippen LogP) is 0.985. The third-order valence-electron chi connectivity index (χ3n) is 2.88. The van der Waals surface area contributed by atoms with Gasteiger partial charge in [-0.05, 0) is 31.5 Å². The quantitative estimate of drug-likeness (QED) is 0.790. The fourth-order valence-corrected chi connectivity index (χ4v) is 1.91. The van der Waals surface area contributed by atoms with Crippen molar-refractivity contribution in [3.05, 3.63) is 29.6 Å².